The van der Waals surface area contributed by atoms with Crippen molar-refractivity contribution in [3.05, 3.63) is 101 Å². The quantitative estimate of drug-likeness (QED) is 0.392. The van der Waals surface area contributed by atoms with E-state index in [-0.39, 0.29) is 11.5 Å². The van der Waals surface area contributed by atoms with Gasteiger partial charge in [-0.15, -0.1) is 11.8 Å². The zero-order valence-electron chi connectivity index (χ0n) is 17.9. The minimum atomic E-state index is -0.894. The Labute approximate surface area is 201 Å². The van der Waals surface area contributed by atoms with Crippen LogP contribution in [-0.4, -0.2) is 32.3 Å². The summed E-state index contributed by atoms with van der Waals surface area (Å²) in [5.74, 6) is -1.41. The fraction of sp³-hybridized carbons (Fsp3) is 0.148. The molecule has 0 spiro atoms. The first-order chi connectivity index (χ1) is 15.8. The number of halogens is 1. The van der Waals surface area contributed by atoms with Crippen molar-refractivity contribution in [1.82, 2.24) is 4.98 Å². The number of fused-ring (bicyclic) bond motifs is 1. The van der Waals surface area contributed by atoms with Crippen LogP contribution in [0.5, 0.6) is 0 Å². The van der Waals surface area contributed by atoms with Gasteiger partial charge in [0.1, 0.15) is 0 Å². The van der Waals surface area contributed by atoms with Crippen LogP contribution in [0.25, 0.3) is 23.1 Å². The molecule has 2 aromatic carbocycles. The van der Waals surface area contributed by atoms with Gasteiger partial charge in [-0.3, -0.25) is 9.59 Å². The third-order valence-electron chi connectivity index (χ3n) is 5.57. The molecule has 1 aliphatic carbocycles. The maximum Gasteiger partial charge on any atom is 0.312 e. The minimum Gasteiger partial charge on any atom is -0.481 e. The number of ketones is 1. The van der Waals surface area contributed by atoms with E-state index in [9.17, 15) is 14.7 Å². The van der Waals surface area contributed by atoms with Gasteiger partial charge in [-0.25, -0.2) is 4.98 Å². The average molecular weight is 476 g/mol. The smallest absolute Gasteiger partial charge is 0.312 e. The molecule has 0 aliphatic heterocycles. The molecule has 0 saturated carbocycles. The molecule has 0 bridgehead atoms. The molecular formula is C27H22ClNO3S. The normalized spacial score (nSPS) is 19.9. The largest absolute Gasteiger partial charge is 0.481 e. The summed E-state index contributed by atoms with van der Waals surface area (Å²) in [6.45, 7) is 1.85. The van der Waals surface area contributed by atoms with Crippen molar-refractivity contribution in [2.24, 2.45) is 5.92 Å². The number of benzene rings is 2. The monoisotopic (exact) mass is 475 g/mol. The Bertz CT molecular complexity index is 1310. The number of hydrogen-bond acceptors (Lipinski definition) is 4. The third kappa shape index (κ3) is 5.44. The molecule has 4 rings (SSSR count). The van der Waals surface area contributed by atoms with Crippen LogP contribution >= 0.6 is 23.4 Å². The highest BCUT2D eigenvalue weighted by Crippen LogP contribution is 2.38. The lowest BCUT2D eigenvalue weighted by Crippen LogP contribution is -2.35. The molecule has 166 valence electrons. The van der Waals surface area contributed by atoms with E-state index in [2.05, 4.69) is 4.98 Å². The lowest BCUT2D eigenvalue weighted by Gasteiger charge is -2.31. The van der Waals surface area contributed by atoms with Crippen molar-refractivity contribution in [2.75, 3.05) is 5.75 Å². The molecule has 3 aromatic rings. The fourth-order valence-electron chi connectivity index (χ4n) is 3.68. The van der Waals surface area contributed by atoms with E-state index in [4.69, 9.17) is 11.6 Å². The van der Waals surface area contributed by atoms with E-state index >= 15 is 0 Å². The second-order valence-electron chi connectivity index (χ2n) is 7.99. The summed E-state index contributed by atoms with van der Waals surface area (Å²) in [6, 6.07) is 16.9. The van der Waals surface area contributed by atoms with Gasteiger partial charge in [0.25, 0.3) is 0 Å². The van der Waals surface area contributed by atoms with Crippen LogP contribution in [0.1, 0.15) is 28.5 Å². The number of carbonyl (C=O) groups excluding carboxylic acids is 1. The molecule has 33 heavy (non-hydrogen) atoms. The summed E-state index contributed by atoms with van der Waals surface area (Å²) in [7, 11) is 0. The number of allylic oxidation sites excluding steroid dienone is 2. The van der Waals surface area contributed by atoms with E-state index < -0.39 is 16.6 Å². The van der Waals surface area contributed by atoms with Crippen LogP contribution in [0.3, 0.4) is 0 Å². The van der Waals surface area contributed by atoms with Crippen molar-refractivity contribution in [2.45, 2.75) is 11.7 Å². The first-order valence-corrected chi connectivity index (χ1v) is 11.8. The number of rotatable bonds is 7. The fourth-order valence-corrected chi connectivity index (χ4v) is 4.99. The Balaban J connectivity index is 1.46. The van der Waals surface area contributed by atoms with E-state index in [1.165, 1.54) is 11.8 Å². The standard InChI is InChI=1S/C27H22ClNO3S/c1-27(14-3-2-7-23(27)26(31)32)33-17-25(30)20-6-4-5-18(15-20)8-12-22-13-10-19-9-11-21(28)16-24(19)29-22/h2-16,23H,17H2,1H3,(H,31,32)/b12-8+. The first kappa shape index (κ1) is 23.0. The van der Waals surface area contributed by atoms with E-state index in [0.29, 0.717) is 10.6 Å². The van der Waals surface area contributed by atoms with Crippen LogP contribution in [0.15, 0.2) is 78.9 Å². The van der Waals surface area contributed by atoms with Crippen LogP contribution < -0.4 is 0 Å². The molecule has 1 aliphatic rings. The van der Waals surface area contributed by atoms with Gasteiger partial charge < -0.3 is 5.11 Å². The molecule has 0 radical (unpaired) electrons. The van der Waals surface area contributed by atoms with Crippen molar-refractivity contribution in [3.63, 3.8) is 0 Å². The molecule has 1 heterocycles. The highest BCUT2D eigenvalue weighted by molar-refractivity contribution is 8.01. The van der Waals surface area contributed by atoms with E-state index in [1.807, 2.05) is 79.8 Å². The maximum absolute atomic E-state index is 12.9. The van der Waals surface area contributed by atoms with Gasteiger partial charge in [0.2, 0.25) is 0 Å². The highest BCUT2D eigenvalue weighted by atomic mass is 35.5. The van der Waals surface area contributed by atoms with Gasteiger partial charge in [-0.2, -0.15) is 0 Å². The van der Waals surface area contributed by atoms with Gasteiger partial charge in [-0.05, 0) is 42.8 Å². The topological polar surface area (TPSA) is 67.3 Å². The number of hydrogen-bond donors (Lipinski definition) is 1. The SMILES string of the molecule is CC1(SCC(=O)c2cccc(/C=C/c3ccc4ccc(Cl)cc4n3)c2)C=CC=CC1C(=O)O. The van der Waals surface area contributed by atoms with Gasteiger partial charge in [0.15, 0.2) is 5.78 Å². The number of thioether (sulfide) groups is 1. The van der Waals surface area contributed by atoms with Gasteiger partial charge in [0.05, 0.1) is 22.9 Å². The number of pyridine rings is 1. The predicted octanol–water partition coefficient (Wildman–Crippen LogP) is 6.56. The number of aromatic nitrogens is 1. The summed E-state index contributed by atoms with van der Waals surface area (Å²) in [5.41, 5.74) is 3.09. The Morgan fingerprint density at radius 1 is 1.12 bits per heavy atom. The third-order valence-corrected chi connectivity index (χ3v) is 7.22. The van der Waals surface area contributed by atoms with Crippen molar-refractivity contribution in [1.29, 1.82) is 0 Å². The number of carbonyl (C=O) groups is 2. The van der Waals surface area contributed by atoms with E-state index in [0.717, 1.165) is 22.2 Å². The highest BCUT2D eigenvalue weighted by Gasteiger charge is 2.37. The molecule has 2 unspecified atom stereocenters. The summed E-state index contributed by atoms with van der Waals surface area (Å²) in [6.07, 6.45) is 10.9. The van der Waals surface area contributed by atoms with Gasteiger partial charge in [-0.1, -0.05) is 72.3 Å². The van der Waals surface area contributed by atoms with Crippen LogP contribution in [-0.2, 0) is 4.79 Å². The zero-order chi connectivity index (χ0) is 23.4. The lowest BCUT2D eigenvalue weighted by atomic mass is 9.89. The molecular weight excluding hydrogens is 454 g/mol. The van der Waals surface area contributed by atoms with Crippen LogP contribution in [0.2, 0.25) is 5.02 Å². The second-order valence-corrected chi connectivity index (χ2v) is 9.88. The summed E-state index contributed by atoms with van der Waals surface area (Å²) >= 11 is 7.42. The van der Waals surface area contributed by atoms with E-state index in [1.54, 1.807) is 18.2 Å². The number of aliphatic carboxylic acids is 1. The molecule has 0 fully saturated rings. The first-order valence-electron chi connectivity index (χ1n) is 10.4. The molecule has 0 amide bonds. The minimum absolute atomic E-state index is 0.0398. The van der Waals surface area contributed by atoms with Gasteiger partial charge in [0, 0.05) is 20.7 Å². The molecule has 0 saturated heterocycles. The molecule has 2 atom stereocenters. The lowest BCUT2D eigenvalue weighted by molar-refractivity contribution is -0.140. The van der Waals surface area contributed by atoms with Crippen LogP contribution in [0.4, 0.5) is 0 Å². The van der Waals surface area contributed by atoms with Crippen molar-refractivity contribution in [3.8, 4) is 0 Å². The average Bonchev–Trinajstić information content (AvgIpc) is 2.81. The maximum atomic E-state index is 12.9. The summed E-state index contributed by atoms with van der Waals surface area (Å²) in [5, 5.41) is 11.2. The number of carboxylic acids is 1. The number of carboxylic acid groups (broad SMARTS) is 1. The van der Waals surface area contributed by atoms with Crippen LogP contribution in [0, 0.1) is 5.92 Å². The molecule has 4 nitrogen and oxygen atoms in total. The zero-order valence-corrected chi connectivity index (χ0v) is 19.5. The second kappa shape index (κ2) is 9.77. The van der Waals surface area contributed by atoms with Crippen molar-refractivity contribution >= 4 is 58.2 Å². The number of nitrogens with zero attached hydrogens (tertiary/aromatic N) is 1. The Kier molecular flexibility index (Phi) is 6.82. The Hall–Kier alpha value is -3.15. The molecule has 1 N–H and O–H groups in total. The van der Waals surface area contributed by atoms with Crippen molar-refractivity contribution < 1.29 is 14.7 Å². The van der Waals surface area contributed by atoms with Gasteiger partial charge >= 0.3 is 5.97 Å². The summed E-state index contributed by atoms with van der Waals surface area (Å²) < 4.78 is -0.668. The molecule has 6 heteroatoms. The number of Topliss-reactive ketones (excluding diaryl/α,β-unsaturated/α-hetero) is 1. The summed E-state index contributed by atoms with van der Waals surface area (Å²) in [4.78, 5) is 29.1. The predicted molar refractivity (Wildman–Crippen MR) is 137 cm³/mol. The Morgan fingerprint density at radius 3 is 2.76 bits per heavy atom. The molecule has 1 aromatic heterocycles. The Morgan fingerprint density at radius 2 is 1.94 bits per heavy atom.